The molecule has 0 atom stereocenters. The summed E-state index contributed by atoms with van der Waals surface area (Å²) in [5, 5.41) is 15.8. The summed E-state index contributed by atoms with van der Waals surface area (Å²) in [6.45, 7) is 2.50. The average molecular weight is 478 g/mol. The van der Waals surface area contributed by atoms with Crippen molar-refractivity contribution in [3.63, 3.8) is 0 Å². The first-order valence-electron chi connectivity index (χ1n) is 9.22. The fourth-order valence-corrected chi connectivity index (χ4v) is 4.02. The van der Waals surface area contributed by atoms with Crippen molar-refractivity contribution in [1.82, 2.24) is 19.3 Å². The number of hydrogen-bond donors (Lipinski definition) is 1. The average Bonchev–Trinajstić information content (AvgIpc) is 3.11. The second-order valence-corrected chi connectivity index (χ2v) is 7.97. The minimum atomic E-state index is -1.32. The number of hydrogen-bond acceptors (Lipinski definition) is 4. The van der Waals surface area contributed by atoms with Crippen LogP contribution in [-0.2, 0) is 13.1 Å². The number of benzene rings is 1. The Morgan fingerprint density at radius 2 is 1.87 bits per heavy atom. The van der Waals surface area contributed by atoms with E-state index in [1.54, 1.807) is 45.9 Å². The third-order valence-corrected chi connectivity index (χ3v) is 5.87. The van der Waals surface area contributed by atoms with Crippen LogP contribution in [0.3, 0.4) is 0 Å². The molecule has 0 aliphatic rings. The second-order valence-electron chi connectivity index (χ2n) is 6.77. The highest BCUT2D eigenvalue weighted by Gasteiger charge is 2.22. The summed E-state index contributed by atoms with van der Waals surface area (Å²) in [6.07, 6.45) is 3.27. The van der Waals surface area contributed by atoms with Crippen LogP contribution in [0.25, 0.3) is 22.2 Å². The van der Waals surface area contributed by atoms with Gasteiger partial charge in [-0.05, 0) is 19.1 Å². The number of rotatable bonds is 5. The van der Waals surface area contributed by atoms with Gasteiger partial charge < -0.3 is 9.67 Å². The SMILES string of the molecule is CCn1c(Cn2ncc3cnc(Cl)cc32)cc(=O)c(C(=O)O)c1-c1ccc(Cl)c(Cl)c1. The van der Waals surface area contributed by atoms with Gasteiger partial charge in [0.25, 0.3) is 0 Å². The van der Waals surface area contributed by atoms with Crippen molar-refractivity contribution < 1.29 is 9.90 Å². The summed E-state index contributed by atoms with van der Waals surface area (Å²) in [5.74, 6) is -1.32. The lowest BCUT2D eigenvalue weighted by Gasteiger charge is -2.20. The van der Waals surface area contributed by atoms with Crippen molar-refractivity contribution >= 4 is 51.7 Å². The summed E-state index contributed by atoms with van der Waals surface area (Å²) in [4.78, 5) is 28.8. The molecule has 0 aliphatic heterocycles. The Kier molecular flexibility index (Phi) is 5.75. The summed E-state index contributed by atoms with van der Waals surface area (Å²) < 4.78 is 3.45. The maximum absolute atomic E-state index is 12.8. The molecular weight excluding hydrogens is 463 g/mol. The summed E-state index contributed by atoms with van der Waals surface area (Å²) in [5.41, 5.74) is 1.12. The Morgan fingerprint density at radius 1 is 1.10 bits per heavy atom. The van der Waals surface area contributed by atoms with Gasteiger partial charge in [-0.2, -0.15) is 5.10 Å². The van der Waals surface area contributed by atoms with E-state index in [0.29, 0.717) is 28.0 Å². The first-order chi connectivity index (χ1) is 14.8. The lowest BCUT2D eigenvalue weighted by atomic mass is 10.0. The number of carbonyl (C=O) groups is 1. The van der Waals surface area contributed by atoms with Crippen molar-refractivity contribution in [3.8, 4) is 11.3 Å². The molecule has 0 saturated heterocycles. The Morgan fingerprint density at radius 3 is 2.55 bits per heavy atom. The smallest absolute Gasteiger partial charge is 0.341 e. The molecule has 0 bridgehead atoms. The van der Waals surface area contributed by atoms with Gasteiger partial charge in [0.15, 0.2) is 5.43 Å². The van der Waals surface area contributed by atoms with Crippen LogP contribution in [0.1, 0.15) is 23.0 Å². The van der Waals surface area contributed by atoms with Gasteiger partial charge >= 0.3 is 5.97 Å². The highest BCUT2D eigenvalue weighted by atomic mass is 35.5. The molecule has 0 spiro atoms. The zero-order valence-corrected chi connectivity index (χ0v) is 18.4. The number of pyridine rings is 2. The number of carboxylic acids is 1. The monoisotopic (exact) mass is 476 g/mol. The molecule has 4 aromatic rings. The van der Waals surface area contributed by atoms with E-state index < -0.39 is 11.4 Å². The van der Waals surface area contributed by atoms with E-state index in [1.165, 1.54) is 6.07 Å². The van der Waals surface area contributed by atoms with E-state index in [0.717, 1.165) is 10.9 Å². The zero-order chi connectivity index (χ0) is 22.3. The Bertz CT molecular complexity index is 1390. The molecule has 31 heavy (non-hydrogen) atoms. The topological polar surface area (TPSA) is 90.0 Å². The van der Waals surface area contributed by atoms with Crippen LogP contribution in [-0.4, -0.2) is 30.4 Å². The number of carboxylic acid groups (broad SMARTS) is 1. The number of aromatic nitrogens is 4. The zero-order valence-electron chi connectivity index (χ0n) is 16.1. The van der Waals surface area contributed by atoms with E-state index in [2.05, 4.69) is 10.1 Å². The summed E-state index contributed by atoms with van der Waals surface area (Å²) in [6, 6.07) is 7.77. The highest BCUT2D eigenvalue weighted by Crippen LogP contribution is 2.31. The van der Waals surface area contributed by atoms with Crippen molar-refractivity contribution in [1.29, 1.82) is 0 Å². The van der Waals surface area contributed by atoms with Crippen molar-refractivity contribution in [2.75, 3.05) is 0 Å². The van der Waals surface area contributed by atoms with E-state index in [1.807, 2.05) is 6.92 Å². The van der Waals surface area contributed by atoms with Crippen LogP contribution >= 0.6 is 34.8 Å². The molecule has 0 radical (unpaired) electrons. The van der Waals surface area contributed by atoms with Gasteiger partial charge in [0.1, 0.15) is 10.7 Å². The molecule has 3 heterocycles. The van der Waals surface area contributed by atoms with Gasteiger partial charge in [-0.15, -0.1) is 0 Å². The Balaban J connectivity index is 1.96. The van der Waals surface area contributed by atoms with E-state index in [4.69, 9.17) is 34.8 Å². The number of halogens is 3. The molecule has 4 rings (SSSR count). The maximum Gasteiger partial charge on any atom is 0.341 e. The first-order valence-corrected chi connectivity index (χ1v) is 10.4. The number of nitrogens with zero attached hydrogens (tertiary/aromatic N) is 4. The minimum Gasteiger partial charge on any atom is -0.477 e. The fourth-order valence-electron chi connectivity index (χ4n) is 3.57. The molecular formula is C21H15Cl3N4O3. The van der Waals surface area contributed by atoms with Crippen LogP contribution in [0, 0.1) is 0 Å². The molecule has 10 heteroatoms. The van der Waals surface area contributed by atoms with Gasteiger partial charge in [-0.1, -0.05) is 40.9 Å². The van der Waals surface area contributed by atoms with Crippen LogP contribution in [0.5, 0.6) is 0 Å². The molecule has 3 aromatic heterocycles. The van der Waals surface area contributed by atoms with Crippen molar-refractivity contribution in [2.45, 2.75) is 20.0 Å². The fraction of sp³-hybridized carbons (Fsp3) is 0.143. The van der Waals surface area contributed by atoms with Crippen LogP contribution in [0.15, 0.2) is 47.5 Å². The highest BCUT2D eigenvalue weighted by molar-refractivity contribution is 6.42. The maximum atomic E-state index is 12.8. The molecule has 0 amide bonds. The van der Waals surface area contributed by atoms with Gasteiger partial charge in [0.2, 0.25) is 0 Å². The molecule has 0 fully saturated rings. The predicted octanol–water partition coefficient (Wildman–Crippen LogP) is 4.99. The summed E-state index contributed by atoms with van der Waals surface area (Å²) in [7, 11) is 0. The van der Waals surface area contributed by atoms with Crippen LogP contribution in [0.2, 0.25) is 15.2 Å². The minimum absolute atomic E-state index is 0.223. The second kappa shape index (κ2) is 8.34. The lowest BCUT2D eigenvalue weighted by Crippen LogP contribution is -2.24. The standard InChI is InChI=1S/C21H15Cl3N4O3/c1-2-27-13(10-28-16-7-18(24)25-8-12(16)9-26-28)6-17(29)19(21(30)31)20(27)11-3-4-14(22)15(23)5-11/h3-9H,2,10H2,1H3,(H,30,31). The van der Waals surface area contributed by atoms with Crippen molar-refractivity contribution in [3.05, 3.63) is 79.4 Å². The quantitative estimate of drug-likeness (QED) is 0.409. The summed E-state index contributed by atoms with van der Waals surface area (Å²) >= 11 is 18.2. The predicted molar refractivity (Wildman–Crippen MR) is 120 cm³/mol. The van der Waals surface area contributed by atoms with Gasteiger partial charge in [0.05, 0.1) is 34.0 Å². The third kappa shape index (κ3) is 3.92. The molecule has 1 N–H and O–H groups in total. The van der Waals surface area contributed by atoms with E-state index >= 15 is 0 Å². The number of fused-ring (bicyclic) bond motifs is 1. The van der Waals surface area contributed by atoms with E-state index in [-0.39, 0.29) is 22.8 Å². The van der Waals surface area contributed by atoms with Crippen LogP contribution in [0.4, 0.5) is 0 Å². The molecule has 0 saturated carbocycles. The molecule has 0 aliphatic carbocycles. The largest absolute Gasteiger partial charge is 0.477 e. The normalized spacial score (nSPS) is 11.2. The molecule has 0 unspecified atom stereocenters. The Labute approximate surface area is 191 Å². The number of aromatic carboxylic acids is 1. The van der Waals surface area contributed by atoms with Crippen molar-refractivity contribution in [2.24, 2.45) is 0 Å². The molecule has 158 valence electrons. The van der Waals surface area contributed by atoms with Gasteiger partial charge in [-0.25, -0.2) is 9.78 Å². The third-order valence-electron chi connectivity index (χ3n) is 4.93. The Hall–Kier alpha value is -2.87. The van der Waals surface area contributed by atoms with Gasteiger partial charge in [-0.3, -0.25) is 9.48 Å². The van der Waals surface area contributed by atoms with Gasteiger partial charge in [0, 0.05) is 41.5 Å². The molecule has 7 nitrogen and oxygen atoms in total. The molecule has 1 aromatic carbocycles. The van der Waals surface area contributed by atoms with E-state index in [9.17, 15) is 14.7 Å². The lowest BCUT2D eigenvalue weighted by molar-refractivity contribution is 0.0695. The first kappa shape index (κ1) is 21.4. The van der Waals surface area contributed by atoms with Crippen LogP contribution < -0.4 is 5.43 Å².